The first-order valence-corrected chi connectivity index (χ1v) is 12.1. The third kappa shape index (κ3) is 5.15. The van der Waals surface area contributed by atoms with Gasteiger partial charge in [0.1, 0.15) is 11.0 Å². The average molecular weight is 529 g/mol. The van der Waals surface area contributed by atoms with Crippen LogP contribution in [0, 0.1) is 10.1 Å². The molecule has 0 fully saturated rings. The van der Waals surface area contributed by atoms with Crippen LogP contribution in [0.1, 0.15) is 5.56 Å². The number of halogens is 3. The molecule has 5 rings (SSSR count). The molecular weight excluding hydrogens is 511 g/mol. The van der Waals surface area contributed by atoms with Crippen LogP contribution >= 0.6 is 0 Å². The van der Waals surface area contributed by atoms with Gasteiger partial charge in [-0.3, -0.25) is 10.1 Å². The van der Waals surface area contributed by atoms with Crippen LogP contribution in [-0.4, -0.2) is 27.9 Å². The molecule has 0 saturated heterocycles. The van der Waals surface area contributed by atoms with Crippen molar-refractivity contribution in [3.8, 4) is 11.3 Å². The van der Waals surface area contributed by atoms with Gasteiger partial charge in [0.25, 0.3) is 5.69 Å². The topological polar surface area (TPSA) is 109 Å². The van der Waals surface area contributed by atoms with Gasteiger partial charge >= 0.3 is 5.51 Å². The van der Waals surface area contributed by atoms with E-state index in [1.54, 1.807) is 24.3 Å². The van der Waals surface area contributed by atoms with Crippen molar-refractivity contribution in [3.63, 3.8) is 0 Å². The Bertz CT molecular complexity index is 1770. The third-order valence-corrected chi connectivity index (χ3v) is 6.18. The molecule has 0 saturated carbocycles. The zero-order chi connectivity index (χ0) is 27.0. The largest absolute Gasteiger partial charge is 0.741 e. The fourth-order valence-corrected chi connectivity index (χ4v) is 3.95. The first-order chi connectivity index (χ1) is 17.4. The van der Waals surface area contributed by atoms with Crippen molar-refractivity contribution in [1.82, 2.24) is 4.52 Å². The van der Waals surface area contributed by atoms with Crippen molar-refractivity contribution < 1.29 is 35.7 Å². The highest BCUT2D eigenvalue weighted by Gasteiger charge is 2.36. The molecule has 2 aromatic heterocycles. The summed E-state index contributed by atoms with van der Waals surface area (Å²) in [5.74, 6) is 0. The van der Waals surface area contributed by atoms with Crippen molar-refractivity contribution in [2.45, 2.75) is 5.51 Å². The number of nitro groups is 1. The summed E-state index contributed by atoms with van der Waals surface area (Å²) in [7, 11) is -4.02. The Morgan fingerprint density at radius 2 is 1.49 bits per heavy atom. The molecule has 0 radical (unpaired) electrons. The van der Waals surface area contributed by atoms with E-state index >= 15 is 0 Å². The lowest BCUT2D eigenvalue weighted by Gasteiger charge is -2.08. The first-order valence-electron chi connectivity index (χ1n) is 10.6. The maximum atomic E-state index is 10.9. The minimum Gasteiger partial charge on any atom is -0.741 e. The summed E-state index contributed by atoms with van der Waals surface area (Å²) in [5, 5.41) is 13.2. The molecule has 0 atom stereocenters. The second-order valence-corrected chi connectivity index (χ2v) is 9.31. The number of benzene rings is 3. The van der Waals surface area contributed by atoms with Crippen LogP contribution < -0.4 is 9.90 Å². The molecule has 0 unspecified atom stereocenters. The van der Waals surface area contributed by atoms with Crippen LogP contribution in [-0.2, 0) is 17.2 Å². The SMILES string of the molecule is C[n+]1c(-c2ccccc2)cc2c(=Cc3ccc([N+](=O)[O-])cc3)c3ccccc3n21.O=S(=O)([O-])C(F)(F)F. The molecular formula is C25H18F3N3O5S. The fourth-order valence-electron chi connectivity index (χ4n) is 3.95. The van der Waals surface area contributed by atoms with E-state index in [-0.39, 0.29) is 10.6 Å². The molecule has 8 nitrogen and oxygen atoms in total. The predicted octanol–water partition coefficient (Wildman–Crippen LogP) is 4.09. The molecule has 2 heterocycles. The fraction of sp³-hybridized carbons (Fsp3) is 0.0800. The Hall–Kier alpha value is -4.29. The van der Waals surface area contributed by atoms with Crippen LogP contribution in [0.2, 0.25) is 0 Å². The maximum absolute atomic E-state index is 10.9. The van der Waals surface area contributed by atoms with E-state index in [0.29, 0.717) is 0 Å². The third-order valence-electron chi connectivity index (χ3n) is 5.62. The predicted molar refractivity (Wildman–Crippen MR) is 129 cm³/mol. The Labute approximate surface area is 208 Å². The van der Waals surface area contributed by atoms with Gasteiger partial charge in [0.2, 0.25) is 5.69 Å². The van der Waals surface area contributed by atoms with Crippen molar-refractivity contribution >= 4 is 38.3 Å². The molecule has 0 bridgehead atoms. The number of nitro benzene ring substituents is 1. The lowest BCUT2D eigenvalue weighted by Crippen LogP contribution is -2.36. The maximum Gasteiger partial charge on any atom is 0.485 e. The van der Waals surface area contributed by atoms with Crippen LogP contribution in [0.25, 0.3) is 33.8 Å². The van der Waals surface area contributed by atoms with Gasteiger partial charge in [-0.05, 0) is 42.0 Å². The standard InChI is InChI=1S/C24H18N3O2.CHF3O3S/c1-25-23(18-7-3-2-4-8-18)16-24-21(20-9-5-6-10-22(20)26(24)25)15-17-11-13-19(14-12-17)27(28)29;2-1(3,4)8(5,6)7/h2-16H,1H3;(H,5,6,7)/q+1;/p-1. The van der Waals surface area contributed by atoms with E-state index < -0.39 is 15.6 Å². The van der Waals surface area contributed by atoms with Crippen LogP contribution in [0.5, 0.6) is 0 Å². The minimum atomic E-state index is -6.09. The summed E-state index contributed by atoms with van der Waals surface area (Å²) in [5.41, 5.74) is -0.105. The number of rotatable bonds is 3. The second-order valence-electron chi connectivity index (χ2n) is 7.94. The van der Waals surface area contributed by atoms with Crippen LogP contribution in [0.15, 0.2) is 84.9 Å². The van der Waals surface area contributed by atoms with E-state index in [2.05, 4.69) is 52.7 Å². The van der Waals surface area contributed by atoms with Gasteiger partial charge in [0.15, 0.2) is 17.2 Å². The second kappa shape index (κ2) is 9.64. The smallest absolute Gasteiger partial charge is 0.485 e. The molecule has 0 N–H and O–H groups in total. The molecule has 37 heavy (non-hydrogen) atoms. The summed E-state index contributed by atoms with van der Waals surface area (Å²) in [6, 6.07) is 27.5. The van der Waals surface area contributed by atoms with Gasteiger partial charge in [-0.2, -0.15) is 13.2 Å². The van der Waals surface area contributed by atoms with Crippen molar-refractivity contribution in [1.29, 1.82) is 0 Å². The zero-order valence-electron chi connectivity index (χ0n) is 19.1. The monoisotopic (exact) mass is 529 g/mol. The Kier molecular flexibility index (Phi) is 6.72. The highest BCUT2D eigenvalue weighted by Crippen LogP contribution is 2.22. The number of para-hydroxylation sites is 1. The van der Waals surface area contributed by atoms with E-state index in [1.165, 1.54) is 0 Å². The van der Waals surface area contributed by atoms with Gasteiger partial charge in [-0.25, -0.2) is 8.42 Å². The Balaban J connectivity index is 0.000000349. The molecule has 0 aliphatic heterocycles. The Morgan fingerprint density at radius 3 is 2.05 bits per heavy atom. The van der Waals surface area contributed by atoms with Gasteiger partial charge in [0.05, 0.1) is 4.92 Å². The van der Waals surface area contributed by atoms with Gasteiger partial charge in [-0.1, -0.05) is 36.4 Å². The number of hydrogen-bond donors (Lipinski definition) is 0. The number of aromatic nitrogens is 2. The molecule has 0 amide bonds. The number of alkyl halides is 3. The number of nitrogens with zero attached hydrogens (tertiary/aromatic N) is 3. The number of hydrogen-bond acceptors (Lipinski definition) is 5. The molecule has 3 aromatic carbocycles. The molecule has 12 heteroatoms. The van der Waals surface area contributed by atoms with E-state index in [1.807, 2.05) is 30.3 Å². The van der Waals surface area contributed by atoms with Crippen molar-refractivity contribution in [2.75, 3.05) is 0 Å². The first kappa shape index (κ1) is 25.8. The summed E-state index contributed by atoms with van der Waals surface area (Å²) < 4.78 is 63.3. The van der Waals surface area contributed by atoms with Gasteiger partial charge in [0, 0.05) is 34.4 Å². The van der Waals surface area contributed by atoms with Crippen LogP contribution in [0.4, 0.5) is 18.9 Å². The molecule has 190 valence electrons. The summed E-state index contributed by atoms with van der Waals surface area (Å²) in [6.45, 7) is 0. The highest BCUT2D eigenvalue weighted by atomic mass is 32.2. The van der Waals surface area contributed by atoms with E-state index in [0.717, 1.165) is 38.5 Å². The van der Waals surface area contributed by atoms with E-state index in [4.69, 9.17) is 13.0 Å². The summed E-state index contributed by atoms with van der Waals surface area (Å²) in [6.07, 6.45) is 2.09. The molecule has 5 aromatic rings. The summed E-state index contributed by atoms with van der Waals surface area (Å²) >= 11 is 0. The quantitative estimate of drug-likeness (QED) is 0.115. The molecule has 0 aliphatic carbocycles. The van der Waals surface area contributed by atoms with E-state index in [9.17, 15) is 23.3 Å². The van der Waals surface area contributed by atoms with Crippen molar-refractivity contribution in [3.05, 3.63) is 106 Å². The lowest BCUT2D eigenvalue weighted by atomic mass is 10.1. The van der Waals surface area contributed by atoms with Crippen molar-refractivity contribution in [2.24, 2.45) is 7.05 Å². The number of aryl methyl sites for hydroxylation is 1. The zero-order valence-corrected chi connectivity index (χ0v) is 19.9. The molecule has 0 aliphatic rings. The minimum absolute atomic E-state index is 0.0973. The number of non-ortho nitro benzene ring substituents is 1. The molecule has 0 spiro atoms. The van der Waals surface area contributed by atoms with Gasteiger partial charge < -0.3 is 4.55 Å². The Morgan fingerprint density at radius 1 is 0.919 bits per heavy atom. The normalized spacial score (nSPS) is 12.5. The number of fused-ring (bicyclic) bond motifs is 3. The average Bonchev–Trinajstić information content (AvgIpc) is 3.34. The summed E-state index contributed by atoms with van der Waals surface area (Å²) in [4.78, 5) is 10.6. The van der Waals surface area contributed by atoms with Gasteiger partial charge in [-0.15, -0.1) is 9.20 Å². The highest BCUT2D eigenvalue weighted by molar-refractivity contribution is 7.86. The lowest BCUT2D eigenvalue weighted by molar-refractivity contribution is -0.725. The van der Waals surface area contributed by atoms with Crippen LogP contribution in [0.3, 0.4) is 0 Å².